The zero-order chi connectivity index (χ0) is 57.0. The van der Waals surface area contributed by atoms with Gasteiger partial charge in [-0.1, -0.05) is 32.9 Å². The number of aliphatic imine (C=N–C) groups is 1. The van der Waals surface area contributed by atoms with E-state index in [1.165, 1.54) is 26.4 Å². The maximum absolute atomic E-state index is 14.1. The van der Waals surface area contributed by atoms with E-state index in [2.05, 4.69) is 10.6 Å². The number of anilines is 1. The molecule has 1 saturated heterocycles. The summed E-state index contributed by atoms with van der Waals surface area (Å²) in [5.74, 6) is -1.43. The second kappa shape index (κ2) is 26.8. The molecule has 3 aromatic carbocycles. The summed E-state index contributed by atoms with van der Waals surface area (Å²) in [5.41, 5.74) is 4.27. The van der Waals surface area contributed by atoms with Crippen LogP contribution < -0.4 is 29.6 Å². The van der Waals surface area contributed by atoms with E-state index in [4.69, 9.17) is 28.7 Å². The van der Waals surface area contributed by atoms with E-state index in [1.807, 2.05) is 32.2 Å². The second-order valence-corrected chi connectivity index (χ2v) is 21.0. The van der Waals surface area contributed by atoms with Crippen molar-refractivity contribution in [1.29, 1.82) is 0 Å². The van der Waals surface area contributed by atoms with Crippen LogP contribution in [-0.2, 0) is 44.7 Å². The first-order valence-corrected chi connectivity index (χ1v) is 27.5. The Balaban J connectivity index is 0.749. The van der Waals surface area contributed by atoms with Crippen LogP contribution in [0, 0.1) is 11.8 Å². The Bertz CT molecular complexity index is 2970. The van der Waals surface area contributed by atoms with Crippen LogP contribution in [0.15, 0.2) is 71.9 Å². The maximum Gasteiger partial charge on any atom is 0.260 e. The summed E-state index contributed by atoms with van der Waals surface area (Å²) in [6.07, 6.45) is 10.9. The number of methoxy groups -OCH3 is 2. The number of Topliss-reactive ketones (excluding diaryl/α,β-unsaturated/α-hetero) is 3. The van der Waals surface area contributed by atoms with Crippen molar-refractivity contribution >= 4 is 76.0 Å². The Labute approximate surface area is 465 Å². The van der Waals surface area contributed by atoms with Gasteiger partial charge in [-0.2, -0.15) is 0 Å². The highest BCUT2D eigenvalue weighted by molar-refractivity contribution is 6.13. The fraction of sp³-hybridized carbons (Fsp3) is 0.467. The van der Waals surface area contributed by atoms with Crippen molar-refractivity contribution in [2.75, 3.05) is 59.1 Å². The van der Waals surface area contributed by atoms with Gasteiger partial charge in [-0.05, 0) is 91.5 Å². The normalized spacial score (nSPS) is 18.0. The zero-order valence-corrected chi connectivity index (χ0v) is 46.0. The number of unbranched alkanes of at least 4 members (excludes halogenated alkanes) is 2. The number of fused-ring (bicyclic) bond motifs is 4. The lowest BCUT2D eigenvalue weighted by atomic mass is 9.92. The first kappa shape index (κ1) is 58.2. The summed E-state index contributed by atoms with van der Waals surface area (Å²) >= 11 is 0. The molecule has 5 aliphatic rings. The summed E-state index contributed by atoms with van der Waals surface area (Å²) in [6.45, 7) is 6.99. The van der Waals surface area contributed by atoms with Crippen molar-refractivity contribution in [3.63, 3.8) is 0 Å². The van der Waals surface area contributed by atoms with Crippen LogP contribution in [0.2, 0.25) is 0 Å². The Morgan fingerprint density at radius 1 is 0.750 bits per heavy atom. The number of carbonyl (C=O) groups is 9. The minimum atomic E-state index is -0.809. The third kappa shape index (κ3) is 14.1. The standard InChI is InChI=1S/C60H70N6O14/c1-36(2)57(63-54(70)20-26-78-23-10-11-43(67)19-22-65-55(71)17-18-56(65)72)49(69)27-37(3)58(73)62-41-15-13-38(14-16-41)40-28-42-34-61-46-33-53(51(77-5)32-45(46)60(75)66(42)35-40)80-25-8-6-7-24-79-52-30-39-29-48(68)47-12-9-21-64(47)59(74)44(39)31-50(52)76-4/h13-18,30-37,42,47,57H,6-12,19-29H2,1-5H3,(H,62,73)(H,63,70)/t37-,42+,47+,57+/m1/s1. The van der Waals surface area contributed by atoms with E-state index < -0.39 is 23.8 Å². The lowest BCUT2D eigenvalue weighted by Crippen LogP contribution is -2.45. The highest BCUT2D eigenvalue weighted by Crippen LogP contribution is 2.41. The number of rotatable bonds is 28. The van der Waals surface area contributed by atoms with E-state index in [1.54, 1.807) is 59.3 Å². The average molecular weight is 1100 g/mol. The van der Waals surface area contributed by atoms with E-state index in [0.29, 0.717) is 103 Å². The van der Waals surface area contributed by atoms with E-state index in [-0.39, 0.29) is 111 Å². The first-order chi connectivity index (χ1) is 38.5. The van der Waals surface area contributed by atoms with Crippen LogP contribution in [0.5, 0.6) is 23.0 Å². The van der Waals surface area contributed by atoms with Crippen molar-refractivity contribution in [3.8, 4) is 23.0 Å². The topological polar surface area (TPSA) is 246 Å². The number of nitrogens with one attached hydrogen (secondary N) is 2. The van der Waals surface area contributed by atoms with Crippen LogP contribution in [0.25, 0.3) is 5.57 Å². The molecule has 6 amide bonds. The van der Waals surface area contributed by atoms with Gasteiger partial charge in [-0.15, -0.1) is 0 Å². The van der Waals surface area contributed by atoms with Gasteiger partial charge in [0.25, 0.3) is 23.6 Å². The Morgan fingerprint density at radius 2 is 1.44 bits per heavy atom. The van der Waals surface area contributed by atoms with Crippen LogP contribution in [0.4, 0.5) is 11.4 Å². The summed E-state index contributed by atoms with van der Waals surface area (Å²) in [5, 5.41) is 5.67. The summed E-state index contributed by atoms with van der Waals surface area (Å²) in [7, 11) is 3.05. The molecule has 3 aromatic rings. The number of hydrogen-bond donors (Lipinski definition) is 2. The van der Waals surface area contributed by atoms with Gasteiger partial charge in [0.2, 0.25) is 11.8 Å². The van der Waals surface area contributed by atoms with Gasteiger partial charge in [-0.3, -0.25) is 53.0 Å². The second-order valence-electron chi connectivity index (χ2n) is 21.0. The number of benzene rings is 3. The molecule has 5 aliphatic heterocycles. The predicted octanol–water partition coefficient (Wildman–Crippen LogP) is 6.78. The molecule has 1 fully saturated rings. The molecule has 20 nitrogen and oxygen atoms in total. The van der Waals surface area contributed by atoms with Crippen LogP contribution in [0.3, 0.4) is 0 Å². The highest BCUT2D eigenvalue weighted by Gasteiger charge is 2.39. The van der Waals surface area contributed by atoms with Gasteiger partial charge in [-0.25, -0.2) is 0 Å². The molecule has 0 spiro atoms. The van der Waals surface area contributed by atoms with Gasteiger partial charge in [0.1, 0.15) is 5.78 Å². The molecule has 0 aliphatic carbocycles. The quantitative estimate of drug-likeness (QED) is 0.0563. The third-order valence-corrected chi connectivity index (χ3v) is 14.9. The molecule has 424 valence electrons. The molecular formula is C60H70N6O14. The molecule has 0 saturated carbocycles. The smallest absolute Gasteiger partial charge is 0.260 e. The fourth-order valence-electron chi connectivity index (χ4n) is 10.4. The summed E-state index contributed by atoms with van der Waals surface area (Å²) in [4.78, 5) is 124. The lowest BCUT2D eigenvalue weighted by Gasteiger charge is -2.23. The SMILES string of the molecule is COc1cc2c(cc1OCCCCCOc1cc3c(cc1OC)C(=O)N1C=C(c4ccc(NC(=O)[C@H](C)CC(=O)[C@@H](NC(=O)CCOCCCC(=O)CCN5C(=O)C=CC5=O)C(C)C)cc4)C[C@H]1C=N3)CC(=O)[C@@H]1CCCN1C2=O. The number of carbonyl (C=O) groups excluding carboxylic acids is 9. The van der Waals surface area contributed by atoms with E-state index in [9.17, 15) is 43.2 Å². The van der Waals surface area contributed by atoms with Gasteiger partial charge >= 0.3 is 0 Å². The zero-order valence-electron chi connectivity index (χ0n) is 46.0. The van der Waals surface area contributed by atoms with Crippen molar-refractivity contribution in [1.82, 2.24) is 20.0 Å². The number of nitrogens with zero attached hydrogens (tertiary/aromatic N) is 4. The molecule has 0 radical (unpaired) electrons. The number of ketones is 3. The molecule has 0 aromatic heterocycles. The number of imide groups is 1. The van der Waals surface area contributed by atoms with Crippen molar-refractivity contribution in [2.24, 2.45) is 16.8 Å². The van der Waals surface area contributed by atoms with E-state index >= 15 is 0 Å². The van der Waals surface area contributed by atoms with E-state index in [0.717, 1.165) is 28.9 Å². The third-order valence-electron chi connectivity index (χ3n) is 14.9. The molecule has 8 rings (SSSR count). The molecule has 80 heavy (non-hydrogen) atoms. The lowest BCUT2D eigenvalue weighted by molar-refractivity contribution is -0.137. The van der Waals surface area contributed by atoms with Gasteiger partial charge in [0, 0.05) is 106 Å². The summed E-state index contributed by atoms with van der Waals surface area (Å²) in [6, 6.07) is 12.6. The molecular weight excluding hydrogens is 1030 g/mol. The summed E-state index contributed by atoms with van der Waals surface area (Å²) < 4.78 is 29.0. The number of hydrogen-bond acceptors (Lipinski definition) is 15. The first-order valence-electron chi connectivity index (χ1n) is 27.5. The highest BCUT2D eigenvalue weighted by atomic mass is 16.5. The van der Waals surface area contributed by atoms with Crippen LogP contribution in [0.1, 0.15) is 123 Å². The molecule has 4 atom stereocenters. The molecule has 0 bridgehead atoms. The predicted molar refractivity (Wildman–Crippen MR) is 295 cm³/mol. The van der Waals surface area contributed by atoms with Crippen molar-refractivity contribution < 1.29 is 66.8 Å². The Morgan fingerprint density at radius 3 is 2.12 bits per heavy atom. The Kier molecular flexibility index (Phi) is 19.5. The minimum Gasteiger partial charge on any atom is -0.493 e. The maximum atomic E-state index is 14.1. The van der Waals surface area contributed by atoms with Gasteiger partial charge < -0.3 is 44.1 Å². The monoisotopic (exact) mass is 1100 g/mol. The van der Waals surface area contributed by atoms with Crippen molar-refractivity contribution in [3.05, 3.63) is 89.1 Å². The van der Waals surface area contributed by atoms with Gasteiger partial charge in [0.15, 0.2) is 34.6 Å². The Hall–Kier alpha value is -8.00. The van der Waals surface area contributed by atoms with Crippen molar-refractivity contribution in [2.45, 2.75) is 116 Å². The van der Waals surface area contributed by atoms with Crippen LogP contribution >= 0.6 is 0 Å². The fourth-order valence-corrected chi connectivity index (χ4v) is 10.4. The molecule has 0 unspecified atom stereocenters. The number of ether oxygens (including phenoxy) is 5. The molecule has 5 heterocycles. The van der Waals surface area contributed by atoms with Gasteiger partial charge in [0.05, 0.1) is 63.4 Å². The molecule has 20 heteroatoms. The minimum absolute atomic E-state index is 0.00122. The largest absolute Gasteiger partial charge is 0.493 e. The molecule has 2 N–H and O–H groups in total. The van der Waals surface area contributed by atoms with Crippen LogP contribution in [-0.4, -0.2) is 146 Å². The number of amides is 6. The average Bonchev–Trinajstić information content (AvgIpc) is 4.25.